The van der Waals surface area contributed by atoms with Gasteiger partial charge in [-0.05, 0) is 72.1 Å². The predicted molar refractivity (Wildman–Crippen MR) is 109 cm³/mol. The largest absolute Gasteiger partial charge is 0.366 e. The van der Waals surface area contributed by atoms with Crippen LogP contribution >= 0.6 is 0 Å². The minimum absolute atomic E-state index is 0.250. The SMILES string of the molecule is Cc1c(-c2ccc(F)cc2)[nH]c2ccc(CNc3cc(C(N)=O)ccn3)cc12. The van der Waals surface area contributed by atoms with E-state index in [0.717, 1.165) is 33.3 Å². The number of nitrogens with zero attached hydrogens (tertiary/aromatic N) is 1. The molecule has 4 N–H and O–H groups in total. The van der Waals surface area contributed by atoms with Gasteiger partial charge in [0.1, 0.15) is 11.6 Å². The van der Waals surface area contributed by atoms with Crippen molar-refractivity contribution in [1.29, 1.82) is 0 Å². The number of anilines is 1. The van der Waals surface area contributed by atoms with E-state index in [4.69, 9.17) is 5.73 Å². The van der Waals surface area contributed by atoms with E-state index in [1.807, 2.05) is 19.1 Å². The van der Waals surface area contributed by atoms with E-state index in [1.54, 1.807) is 30.5 Å². The van der Waals surface area contributed by atoms with E-state index in [1.165, 1.54) is 12.1 Å². The number of aromatic amines is 1. The summed E-state index contributed by atoms with van der Waals surface area (Å²) in [6.45, 7) is 2.61. The molecule has 5 nitrogen and oxygen atoms in total. The number of aryl methyl sites for hydroxylation is 1. The Hall–Kier alpha value is -3.67. The van der Waals surface area contributed by atoms with Crippen LogP contribution in [0.2, 0.25) is 0 Å². The molecule has 0 saturated heterocycles. The first-order valence-corrected chi connectivity index (χ1v) is 8.88. The lowest BCUT2D eigenvalue weighted by atomic mass is 10.1. The summed E-state index contributed by atoms with van der Waals surface area (Å²) < 4.78 is 13.2. The molecule has 28 heavy (non-hydrogen) atoms. The molecule has 0 aliphatic heterocycles. The van der Waals surface area contributed by atoms with Gasteiger partial charge in [0.05, 0.1) is 0 Å². The van der Waals surface area contributed by atoms with E-state index in [9.17, 15) is 9.18 Å². The summed E-state index contributed by atoms with van der Waals surface area (Å²) >= 11 is 0. The summed E-state index contributed by atoms with van der Waals surface area (Å²) in [7, 11) is 0. The molecule has 0 bridgehead atoms. The second-order valence-electron chi connectivity index (χ2n) is 6.66. The molecule has 0 saturated carbocycles. The number of H-pyrrole nitrogens is 1. The third kappa shape index (κ3) is 3.44. The molecule has 4 rings (SSSR count). The number of carbonyl (C=O) groups excluding carboxylic acids is 1. The molecule has 0 aliphatic carbocycles. The molecule has 2 aromatic carbocycles. The number of nitrogens with two attached hydrogens (primary N) is 1. The van der Waals surface area contributed by atoms with Crippen molar-refractivity contribution in [2.24, 2.45) is 5.73 Å². The first kappa shape index (κ1) is 17.7. The van der Waals surface area contributed by atoms with Crippen molar-refractivity contribution in [3.8, 4) is 11.3 Å². The Morgan fingerprint density at radius 1 is 1.14 bits per heavy atom. The summed E-state index contributed by atoms with van der Waals surface area (Å²) in [6, 6.07) is 15.8. The van der Waals surface area contributed by atoms with Crippen LogP contribution in [0.25, 0.3) is 22.2 Å². The van der Waals surface area contributed by atoms with Crippen molar-refractivity contribution < 1.29 is 9.18 Å². The maximum atomic E-state index is 13.2. The first-order valence-electron chi connectivity index (χ1n) is 8.88. The lowest BCUT2D eigenvalue weighted by Gasteiger charge is -2.07. The number of fused-ring (bicyclic) bond motifs is 1. The van der Waals surface area contributed by atoms with Crippen LogP contribution in [0.3, 0.4) is 0 Å². The van der Waals surface area contributed by atoms with Crippen molar-refractivity contribution in [2.45, 2.75) is 13.5 Å². The van der Waals surface area contributed by atoms with E-state index >= 15 is 0 Å². The zero-order valence-electron chi connectivity index (χ0n) is 15.3. The molecular weight excluding hydrogens is 355 g/mol. The Labute approximate surface area is 161 Å². The highest BCUT2D eigenvalue weighted by atomic mass is 19.1. The average molecular weight is 374 g/mol. The Balaban J connectivity index is 1.59. The van der Waals surface area contributed by atoms with Crippen LogP contribution < -0.4 is 11.1 Å². The number of hydrogen-bond acceptors (Lipinski definition) is 3. The maximum Gasteiger partial charge on any atom is 0.248 e. The van der Waals surface area contributed by atoms with Crippen LogP contribution in [0, 0.1) is 12.7 Å². The number of nitrogens with one attached hydrogen (secondary N) is 2. The second-order valence-corrected chi connectivity index (χ2v) is 6.66. The van der Waals surface area contributed by atoms with Gasteiger partial charge in [0.25, 0.3) is 0 Å². The number of carbonyl (C=O) groups is 1. The molecule has 4 aromatic rings. The third-order valence-corrected chi connectivity index (χ3v) is 4.77. The quantitative estimate of drug-likeness (QED) is 0.484. The number of aromatic nitrogens is 2. The van der Waals surface area contributed by atoms with Crippen molar-refractivity contribution >= 4 is 22.6 Å². The fourth-order valence-corrected chi connectivity index (χ4v) is 3.26. The fraction of sp³-hybridized carbons (Fsp3) is 0.0909. The Morgan fingerprint density at radius 3 is 2.68 bits per heavy atom. The third-order valence-electron chi connectivity index (χ3n) is 4.77. The lowest BCUT2D eigenvalue weighted by molar-refractivity contribution is 0.1000. The summed E-state index contributed by atoms with van der Waals surface area (Å²) in [6.07, 6.45) is 1.55. The number of halogens is 1. The topological polar surface area (TPSA) is 83.8 Å². The molecule has 140 valence electrons. The number of pyridine rings is 1. The monoisotopic (exact) mass is 374 g/mol. The summed E-state index contributed by atoms with van der Waals surface area (Å²) in [5.41, 5.74) is 10.9. The molecule has 1 amide bonds. The highest BCUT2D eigenvalue weighted by Gasteiger charge is 2.10. The van der Waals surface area contributed by atoms with Crippen LogP contribution in [-0.2, 0) is 6.54 Å². The highest BCUT2D eigenvalue weighted by molar-refractivity contribution is 5.93. The van der Waals surface area contributed by atoms with Crippen molar-refractivity contribution in [1.82, 2.24) is 9.97 Å². The van der Waals surface area contributed by atoms with E-state index in [-0.39, 0.29) is 5.82 Å². The van der Waals surface area contributed by atoms with Crippen molar-refractivity contribution in [3.63, 3.8) is 0 Å². The maximum absolute atomic E-state index is 13.2. The Morgan fingerprint density at radius 2 is 1.93 bits per heavy atom. The molecule has 2 aromatic heterocycles. The number of benzene rings is 2. The zero-order valence-corrected chi connectivity index (χ0v) is 15.3. The number of rotatable bonds is 5. The molecule has 0 atom stereocenters. The Kier molecular flexibility index (Phi) is 4.53. The van der Waals surface area contributed by atoms with Gasteiger partial charge >= 0.3 is 0 Å². The number of primary amides is 1. The van der Waals surface area contributed by atoms with Crippen molar-refractivity contribution in [3.05, 3.63) is 83.3 Å². The molecular formula is C22H19FN4O. The lowest BCUT2D eigenvalue weighted by Crippen LogP contribution is -2.11. The summed E-state index contributed by atoms with van der Waals surface area (Å²) in [5, 5.41) is 4.32. The molecule has 0 unspecified atom stereocenters. The van der Waals surface area contributed by atoms with E-state index in [2.05, 4.69) is 21.4 Å². The molecule has 0 fully saturated rings. The van der Waals surface area contributed by atoms with Gasteiger partial charge < -0.3 is 16.0 Å². The summed E-state index contributed by atoms with van der Waals surface area (Å²) in [5.74, 6) is -0.141. The smallest absolute Gasteiger partial charge is 0.248 e. The van der Waals surface area contributed by atoms with Gasteiger partial charge in [-0.25, -0.2) is 9.37 Å². The predicted octanol–water partition coefficient (Wildman–Crippen LogP) is 4.39. The number of amides is 1. The fourth-order valence-electron chi connectivity index (χ4n) is 3.26. The summed E-state index contributed by atoms with van der Waals surface area (Å²) in [4.78, 5) is 18.9. The normalized spacial score (nSPS) is 10.9. The standard InChI is InChI=1S/C22H19FN4O/c1-13-18-10-14(12-26-20-11-16(22(24)28)8-9-25-20)2-7-19(18)27-21(13)15-3-5-17(23)6-4-15/h2-11,27H,12H2,1H3,(H2,24,28)(H,25,26). The van der Waals surface area contributed by atoms with E-state index < -0.39 is 5.91 Å². The van der Waals surface area contributed by atoms with Crippen LogP contribution in [0.5, 0.6) is 0 Å². The molecule has 0 spiro atoms. The first-order chi connectivity index (χ1) is 13.5. The number of hydrogen-bond donors (Lipinski definition) is 3. The van der Waals surface area contributed by atoms with Crippen molar-refractivity contribution in [2.75, 3.05) is 5.32 Å². The highest BCUT2D eigenvalue weighted by Crippen LogP contribution is 2.30. The van der Waals surface area contributed by atoms with Gasteiger partial charge in [-0.1, -0.05) is 6.07 Å². The van der Waals surface area contributed by atoms with Crippen LogP contribution in [0.4, 0.5) is 10.2 Å². The van der Waals surface area contributed by atoms with Gasteiger partial charge in [0.2, 0.25) is 5.91 Å². The second kappa shape index (κ2) is 7.15. The molecule has 6 heteroatoms. The van der Waals surface area contributed by atoms with Crippen LogP contribution in [0.15, 0.2) is 60.8 Å². The van der Waals surface area contributed by atoms with Crippen LogP contribution in [0.1, 0.15) is 21.5 Å². The average Bonchev–Trinajstić information content (AvgIpc) is 3.03. The van der Waals surface area contributed by atoms with Crippen LogP contribution in [-0.4, -0.2) is 15.9 Å². The van der Waals surface area contributed by atoms with Gasteiger partial charge in [-0.2, -0.15) is 0 Å². The van der Waals surface area contributed by atoms with E-state index in [0.29, 0.717) is 17.9 Å². The van der Waals surface area contributed by atoms with Gasteiger partial charge in [-0.3, -0.25) is 4.79 Å². The molecule has 0 aliphatic rings. The van der Waals surface area contributed by atoms with Gasteiger partial charge in [0, 0.05) is 34.9 Å². The van der Waals surface area contributed by atoms with Gasteiger partial charge in [0.15, 0.2) is 0 Å². The zero-order chi connectivity index (χ0) is 19.7. The minimum atomic E-state index is -0.483. The molecule has 0 radical (unpaired) electrons. The minimum Gasteiger partial charge on any atom is -0.366 e. The van der Waals surface area contributed by atoms with Gasteiger partial charge in [-0.15, -0.1) is 0 Å². The Bertz CT molecular complexity index is 1170. The molecule has 2 heterocycles.